The predicted octanol–water partition coefficient (Wildman–Crippen LogP) is 1.74. The number of thiophene rings is 1. The van der Waals surface area contributed by atoms with Crippen molar-refractivity contribution in [2.75, 3.05) is 11.9 Å². The Morgan fingerprint density at radius 2 is 2.14 bits per heavy atom. The molecule has 0 unspecified atom stereocenters. The van der Waals surface area contributed by atoms with E-state index in [1.54, 1.807) is 18.3 Å². The highest BCUT2D eigenvalue weighted by Crippen LogP contribution is 2.38. The number of nitrogens with zero attached hydrogens (tertiary/aromatic N) is 2. The van der Waals surface area contributed by atoms with Crippen LogP contribution in [0.2, 0.25) is 0 Å². The molecule has 1 aliphatic carbocycles. The van der Waals surface area contributed by atoms with Gasteiger partial charge in [0.2, 0.25) is 0 Å². The number of fused-ring (bicyclic) bond motifs is 3. The van der Waals surface area contributed by atoms with Crippen LogP contribution in [0.15, 0.2) is 0 Å². The van der Waals surface area contributed by atoms with Gasteiger partial charge in [-0.05, 0) is 38.2 Å². The van der Waals surface area contributed by atoms with Crippen LogP contribution in [0.1, 0.15) is 29.1 Å². The van der Waals surface area contributed by atoms with Gasteiger partial charge in [0.1, 0.15) is 22.5 Å². The lowest BCUT2D eigenvalue weighted by Gasteiger charge is -2.15. The molecule has 0 saturated carbocycles. The number of hydrogen-bond acceptors (Lipinski definition) is 6. The van der Waals surface area contributed by atoms with Crippen molar-refractivity contribution in [2.24, 2.45) is 0 Å². The van der Waals surface area contributed by atoms with Crippen LogP contribution in [0.25, 0.3) is 10.2 Å². The van der Waals surface area contributed by atoms with E-state index < -0.39 is 18.6 Å². The number of aromatic nitrogens is 2. The van der Waals surface area contributed by atoms with Crippen molar-refractivity contribution in [1.82, 2.24) is 9.97 Å². The fourth-order valence-electron chi connectivity index (χ4n) is 2.72. The first-order valence-corrected chi connectivity index (χ1v) is 7.81. The molecule has 0 fully saturated rings. The first-order chi connectivity index (χ1) is 10.1. The lowest BCUT2D eigenvalue weighted by Crippen LogP contribution is -2.33. The van der Waals surface area contributed by atoms with Crippen molar-refractivity contribution < 1.29 is 15.0 Å². The molecule has 112 valence electrons. The number of nitrogens with one attached hydrogen (secondary N) is 1. The average Bonchev–Trinajstić information content (AvgIpc) is 2.81. The summed E-state index contributed by atoms with van der Waals surface area (Å²) >= 11 is 1.67. The summed E-state index contributed by atoms with van der Waals surface area (Å²) in [5, 5.41) is 22.1. The Labute approximate surface area is 125 Å². The Kier molecular flexibility index (Phi) is 3.77. The number of rotatable bonds is 4. The van der Waals surface area contributed by atoms with Crippen molar-refractivity contribution in [2.45, 2.75) is 38.6 Å². The minimum atomic E-state index is -1.09. The minimum Gasteiger partial charge on any atom is -0.480 e. The Morgan fingerprint density at radius 1 is 1.38 bits per heavy atom. The third-order valence-electron chi connectivity index (χ3n) is 3.72. The molecule has 0 aliphatic heterocycles. The first-order valence-electron chi connectivity index (χ1n) is 6.99. The molecule has 6 nitrogen and oxygen atoms in total. The van der Waals surface area contributed by atoms with Gasteiger partial charge in [0.05, 0.1) is 12.0 Å². The van der Waals surface area contributed by atoms with Crippen LogP contribution >= 0.6 is 11.3 Å². The van der Waals surface area contributed by atoms with E-state index in [4.69, 9.17) is 5.11 Å². The van der Waals surface area contributed by atoms with Crippen LogP contribution in [-0.4, -0.2) is 38.8 Å². The normalized spacial score (nSPS) is 15.7. The van der Waals surface area contributed by atoms with Crippen molar-refractivity contribution >= 4 is 33.3 Å². The number of carboxylic acid groups (broad SMARTS) is 1. The molecule has 0 saturated heterocycles. The number of aliphatic hydroxyl groups excluding tert-OH is 1. The largest absolute Gasteiger partial charge is 0.480 e. The van der Waals surface area contributed by atoms with Crippen LogP contribution in [0, 0.1) is 6.92 Å². The summed E-state index contributed by atoms with van der Waals surface area (Å²) in [6, 6.07) is -1.05. The molecular weight excluding hydrogens is 290 g/mol. The van der Waals surface area contributed by atoms with Crippen LogP contribution in [-0.2, 0) is 17.6 Å². The number of carbonyl (C=O) groups is 1. The van der Waals surface area contributed by atoms with Gasteiger partial charge in [0, 0.05) is 4.88 Å². The van der Waals surface area contributed by atoms with Gasteiger partial charge >= 0.3 is 5.97 Å². The number of carboxylic acids is 1. The number of aryl methyl sites for hydroxylation is 3. The summed E-state index contributed by atoms with van der Waals surface area (Å²) < 4.78 is 0. The molecule has 0 spiro atoms. The van der Waals surface area contributed by atoms with E-state index in [-0.39, 0.29) is 0 Å². The Hall–Kier alpha value is -1.73. The number of aliphatic hydroxyl groups is 1. The van der Waals surface area contributed by atoms with E-state index in [0.29, 0.717) is 11.6 Å². The smallest absolute Gasteiger partial charge is 0.328 e. The van der Waals surface area contributed by atoms with Crippen molar-refractivity contribution in [1.29, 1.82) is 0 Å². The fraction of sp³-hybridized carbons (Fsp3) is 0.500. The van der Waals surface area contributed by atoms with Gasteiger partial charge in [0.25, 0.3) is 0 Å². The lowest BCUT2D eigenvalue weighted by atomic mass is 9.97. The number of anilines is 1. The number of aliphatic carboxylic acids is 1. The topological polar surface area (TPSA) is 95.3 Å². The second-order valence-corrected chi connectivity index (χ2v) is 6.31. The van der Waals surface area contributed by atoms with Crippen molar-refractivity contribution in [3.63, 3.8) is 0 Å². The molecule has 1 atom stereocenters. The maximum atomic E-state index is 11.1. The molecule has 7 heteroatoms. The molecule has 21 heavy (non-hydrogen) atoms. The Bertz CT molecular complexity index is 698. The monoisotopic (exact) mass is 307 g/mol. The molecule has 2 aromatic heterocycles. The van der Waals surface area contributed by atoms with Gasteiger partial charge < -0.3 is 15.5 Å². The van der Waals surface area contributed by atoms with Crippen molar-refractivity contribution in [3.8, 4) is 0 Å². The second kappa shape index (κ2) is 5.57. The molecule has 0 radical (unpaired) electrons. The molecular formula is C14H17N3O3S. The van der Waals surface area contributed by atoms with Gasteiger partial charge in [0.15, 0.2) is 0 Å². The highest BCUT2D eigenvalue weighted by molar-refractivity contribution is 7.19. The van der Waals surface area contributed by atoms with Crippen LogP contribution in [0.4, 0.5) is 5.82 Å². The molecule has 2 aromatic rings. The zero-order valence-corrected chi connectivity index (χ0v) is 12.5. The molecule has 0 amide bonds. The summed E-state index contributed by atoms with van der Waals surface area (Å²) in [6.07, 6.45) is 4.35. The number of hydrogen-bond donors (Lipinski definition) is 3. The maximum Gasteiger partial charge on any atom is 0.328 e. The SMILES string of the molecule is Cc1nc(N[C@@H](CO)C(=O)O)c2c3c(sc2n1)CCCC3. The van der Waals surface area contributed by atoms with Gasteiger partial charge in [-0.1, -0.05) is 0 Å². The van der Waals surface area contributed by atoms with Crippen LogP contribution in [0.5, 0.6) is 0 Å². The summed E-state index contributed by atoms with van der Waals surface area (Å²) in [7, 11) is 0. The molecule has 2 heterocycles. The van der Waals surface area contributed by atoms with E-state index in [0.717, 1.165) is 29.5 Å². The Morgan fingerprint density at radius 3 is 2.86 bits per heavy atom. The van der Waals surface area contributed by atoms with Gasteiger partial charge in [-0.15, -0.1) is 11.3 Å². The zero-order valence-electron chi connectivity index (χ0n) is 11.7. The molecule has 1 aliphatic rings. The van der Waals surface area contributed by atoms with E-state index in [9.17, 15) is 9.90 Å². The molecule has 0 aromatic carbocycles. The Balaban J connectivity index is 2.12. The standard InChI is InChI=1S/C14H17N3O3S/c1-7-15-12(17-9(6-18)14(19)20)11-8-4-2-3-5-10(8)21-13(11)16-7/h9,18H,2-6H2,1H3,(H,19,20)(H,15,16,17)/t9-/m0/s1. The predicted molar refractivity (Wildman–Crippen MR) is 80.9 cm³/mol. The first kappa shape index (κ1) is 14.2. The zero-order chi connectivity index (χ0) is 15.0. The van der Waals surface area contributed by atoms with Gasteiger partial charge in [-0.25, -0.2) is 14.8 Å². The highest BCUT2D eigenvalue weighted by Gasteiger charge is 2.23. The third kappa shape index (κ3) is 2.58. The van der Waals surface area contributed by atoms with Gasteiger partial charge in [-0.3, -0.25) is 0 Å². The lowest BCUT2D eigenvalue weighted by molar-refractivity contribution is -0.138. The van der Waals surface area contributed by atoms with Crippen LogP contribution in [0.3, 0.4) is 0 Å². The van der Waals surface area contributed by atoms with E-state index in [1.165, 1.54) is 16.9 Å². The molecule has 3 N–H and O–H groups in total. The summed E-state index contributed by atoms with van der Waals surface area (Å²) in [6.45, 7) is 1.31. The average molecular weight is 307 g/mol. The van der Waals surface area contributed by atoms with Crippen molar-refractivity contribution in [3.05, 3.63) is 16.3 Å². The highest BCUT2D eigenvalue weighted by atomic mass is 32.1. The van der Waals surface area contributed by atoms with E-state index in [1.807, 2.05) is 0 Å². The molecule has 3 rings (SSSR count). The fourth-order valence-corrected chi connectivity index (χ4v) is 4.03. The minimum absolute atomic E-state index is 0.480. The second-order valence-electron chi connectivity index (χ2n) is 5.23. The third-order valence-corrected chi connectivity index (χ3v) is 4.90. The maximum absolute atomic E-state index is 11.1. The quantitative estimate of drug-likeness (QED) is 0.796. The van der Waals surface area contributed by atoms with E-state index in [2.05, 4.69) is 15.3 Å². The van der Waals surface area contributed by atoms with Crippen LogP contribution < -0.4 is 5.32 Å². The van der Waals surface area contributed by atoms with Gasteiger partial charge in [-0.2, -0.15) is 0 Å². The summed E-state index contributed by atoms with van der Waals surface area (Å²) in [4.78, 5) is 22.2. The van der Waals surface area contributed by atoms with E-state index >= 15 is 0 Å². The molecule has 0 bridgehead atoms. The summed E-state index contributed by atoms with van der Waals surface area (Å²) in [5.41, 5.74) is 1.24. The summed E-state index contributed by atoms with van der Waals surface area (Å²) in [5.74, 6) is 0.0371.